The molecule has 0 heterocycles. The quantitative estimate of drug-likeness (QED) is 0.776. The average Bonchev–Trinajstić information content (AvgIpc) is 2.47. The molecule has 108 valence electrons. The van der Waals surface area contributed by atoms with Gasteiger partial charge in [0.15, 0.2) is 0 Å². The highest BCUT2D eigenvalue weighted by Gasteiger charge is 2.21. The van der Waals surface area contributed by atoms with Crippen LogP contribution in [0, 0.1) is 11.3 Å². The van der Waals surface area contributed by atoms with E-state index in [0.29, 0.717) is 12.2 Å². The molecule has 4 nitrogen and oxygen atoms in total. The normalized spacial score (nSPS) is 13.3. The fraction of sp³-hybridized carbons (Fsp3) is 0.500. The molecule has 1 N–H and O–H groups in total. The van der Waals surface area contributed by atoms with Crippen LogP contribution in [0.2, 0.25) is 0 Å². The molecule has 20 heavy (non-hydrogen) atoms. The van der Waals surface area contributed by atoms with Crippen LogP contribution in [-0.2, 0) is 9.53 Å². The summed E-state index contributed by atoms with van der Waals surface area (Å²) in [6, 6.07) is 9.22. The van der Waals surface area contributed by atoms with Crippen LogP contribution >= 0.6 is 0 Å². The molecule has 1 aromatic carbocycles. The lowest BCUT2D eigenvalue weighted by atomic mass is 10.0. The minimum Gasteiger partial charge on any atom is -0.465 e. The molecule has 2 unspecified atom stereocenters. The number of hydrogen-bond donors (Lipinski definition) is 1. The molecule has 0 aliphatic heterocycles. The predicted octanol–water partition coefficient (Wildman–Crippen LogP) is 2.94. The van der Waals surface area contributed by atoms with Crippen LogP contribution in [0.25, 0.3) is 0 Å². The number of carbonyl (C=O) groups excluding carboxylic acids is 1. The third-order valence-electron chi connectivity index (χ3n) is 3.14. The predicted molar refractivity (Wildman–Crippen MR) is 78.0 cm³/mol. The van der Waals surface area contributed by atoms with Crippen LogP contribution in [-0.4, -0.2) is 18.6 Å². The molecule has 4 heteroatoms. The molecular formula is C16H22N2O2. The number of nitriles is 1. The summed E-state index contributed by atoms with van der Waals surface area (Å²) in [5.41, 5.74) is 1.69. The summed E-state index contributed by atoms with van der Waals surface area (Å²) in [6.45, 7) is 6.25. The van der Waals surface area contributed by atoms with Crippen molar-refractivity contribution in [1.29, 1.82) is 5.26 Å². The van der Waals surface area contributed by atoms with Gasteiger partial charge >= 0.3 is 5.97 Å². The largest absolute Gasteiger partial charge is 0.465 e. The lowest BCUT2D eigenvalue weighted by molar-refractivity contribution is -0.146. The second-order valence-electron chi connectivity index (χ2n) is 4.72. The number of hydrogen-bond acceptors (Lipinski definition) is 4. The highest BCUT2D eigenvalue weighted by atomic mass is 16.5. The molecule has 0 fully saturated rings. The van der Waals surface area contributed by atoms with E-state index in [0.717, 1.165) is 18.4 Å². The van der Waals surface area contributed by atoms with E-state index in [4.69, 9.17) is 10.00 Å². The van der Waals surface area contributed by atoms with E-state index in [1.165, 1.54) is 0 Å². The maximum Gasteiger partial charge on any atom is 0.323 e. The molecule has 0 aliphatic carbocycles. The summed E-state index contributed by atoms with van der Waals surface area (Å²) in [4.78, 5) is 11.9. The smallest absolute Gasteiger partial charge is 0.323 e. The number of ether oxygens (including phenoxy) is 1. The van der Waals surface area contributed by atoms with E-state index in [9.17, 15) is 4.79 Å². The van der Waals surface area contributed by atoms with Crippen molar-refractivity contribution in [3.8, 4) is 6.07 Å². The fourth-order valence-electron chi connectivity index (χ4n) is 2.05. The first-order valence-corrected chi connectivity index (χ1v) is 7.05. The van der Waals surface area contributed by atoms with Crippen LogP contribution < -0.4 is 5.32 Å². The van der Waals surface area contributed by atoms with Gasteiger partial charge in [-0.2, -0.15) is 5.26 Å². The molecule has 0 bridgehead atoms. The molecule has 0 saturated heterocycles. The standard InChI is InChI=1S/C16H22N2O2/c1-4-6-15(16(19)20-5-2)18-12(3)14-9-7-13(11-17)8-10-14/h7-10,12,15,18H,4-6H2,1-3H3. The Kier molecular flexibility index (Phi) is 6.75. The minimum atomic E-state index is -0.286. The second-order valence-corrected chi connectivity index (χ2v) is 4.72. The zero-order valence-corrected chi connectivity index (χ0v) is 12.3. The first-order valence-electron chi connectivity index (χ1n) is 7.05. The first-order chi connectivity index (χ1) is 9.62. The summed E-state index contributed by atoms with van der Waals surface area (Å²) in [6.07, 6.45) is 1.66. The summed E-state index contributed by atoms with van der Waals surface area (Å²) >= 11 is 0. The number of rotatable bonds is 7. The van der Waals surface area contributed by atoms with Gasteiger partial charge in [0.05, 0.1) is 18.2 Å². The summed E-state index contributed by atoms with van der Waals surface area (Å²) in [5.74, 6) is -0.199. The Labute approximate surface area is 120 Å². The number of esters is 1. The van der Waals surface area contributed by atoms with Crippen molar-refractivity contribution >= 4 is 5.97 Å². The molecule has 0 saturated carbocycles. The van der Waals surface area contributed by atoms with Crippen molar-refractivity contribution in [3.63, 3.8) is 0 Å². The van der Waals surface area contributed by atoms with Crippen LogP contribution in [0.15, 0.2) is 24.3 Å². The zero-order chi connectivity index (χ0) is 15.0. The van der Waals surface area contributed by atoms with Crippen LogP contribution in [0.1, 0.15) is 50.8 Å². The molecule has 2 atom stereocenters. The van der Waals surface area contributed by atoms with Crippen molar-refractivity contribution in [2.24, 2.45) is 0 Å². The van der Waals surface area contributed by atoms with Crippen molar-refractivity contribution in [2.45, 2.75) is 45.7 Å². The van der Waals surface area contributed by atoms with Gasteiger partial charge in [0.1, 0.15) is 6.04 Å². The monoisotopic (exact) mass is 274 g/mol. The highest BCUT2D eigenvalue weighted by molar-refractivity contribution is 5.75. The summed E-state index contributed by atoms with van der Waals surface area (Å²) in [7, 11) is 0. The Morgan fingerprint density at radius 2 is 2.00 bits per heavy atom. The fourth-order valence-corrected chi connectivity index (χ4v) is 2.05. The Bertz CT molecular complexity index is 462. The van der Waals surface area contributed by atoms with Crippen LogP contribution in [0.4, 0.5) is 0 Å². The first kappa shape index (κ1) is 16.2. The van der Waals surface area contributed by atoms with Crippen LogP contribution in [0.5, 0.6) is 0 Å². The maximum atomic E-state index is 11.9. The Morgan fingerprint density at radius 3 is 2.50 bits per heavy atom. The minimum absolute atomic E-state index is 0.0312. The summed E-state index contributed by atoms with van der Waals surface area (Å²) in [5, 5.41) is 12.1. The number of benzene rings is 1. The van der Waals surface area contributed by atoms with Gasteiger partial charge in [-0.1, -0.05) is 25.5 Å². The molecule has 1 rings (SSSR count). The number of nitrogens with zero attached hydrogens (tertiary/aromatic N) is 1. The van der Waals surface area contributed by atoms with Crippen molar-refractivity contribution < 1.29 is 9.53 Å². The van der Waals surface area contributed by atoms with Gasteiger partial charge in [0, 0.05) is 6.04 Å². The maximum absolute atomic E-state index is 11.9. The van der Waals surface area contributed by atoms with E-state index >= 15 is 0 Å². The summed E-state index contributed by atoms with van der Waals surface area (Å²) < 4.78 is 5.09. The van der Waals surface area contributed by atoms with Crippen molar-refractivity contribution in [1.82, 2.24) is 5.32 Å². The Morgan fingerprint density at radius 1 is 1.35 bits per heavy atom. The highest BCUT2D eigenvalue weighted by Crippen LogP contribution is 2.15. The molecule has 0 aromatic heterocycles. The van der Waals surface area contributed by atoms with E-state index in [2.05, 4.69) is 11.4 Å². The van der Waals surface area contributed by atoms with E-state index in [-0.39, 0.29) is 18.1 Å². The van der Waals surface area contributed by atoms with Crippen molar-refractivity contribution in [2.75, 3.05) is 6.61 Å². The molecule has 0 aliphatic rings. The molecule has 1 aromatic rings. The third-order valence-corrected chi connectivity index (χ3v) is 3.14. The average molecular weight is 274 g/mol. The van der Waals surface area contributed by atoms with Gasteiger partial charge in [0.2, 0.25) is 0 Å². The van der Waals surface area contributed by atoms with Gasteiger partial charge < -0.3 is 4.74 Å². The van der Waals surface area contributed by atoms with Gasteiger partial charge in [-0.3, -0.25) is 10.1 Å². The number of carbonyl (C=O) groups is 1. The van der Waals surface area contributed by atoms with E-state index < -0.39 is 0 Å². The van der Waals surface area contributed by atoms with Gasteiger partial charge in [-0.05, 0) is 38.0 Å². The van der Waals surface area contributed by atoms with Gasteiger partial charge in [-0.15, -0.1) is 0 Å². The van der Waals surface area contributed by atoms with Crippen LogP contribution in [0.3, 0.4) is 0 Å². The second kappa shape index (κ2) is 8.34. The third kappa shape index (κ3) is 4.67. The number of nitrogens with one attached hydrogen (secondary N) is 1. The Hall–Kier alpha value is -1.86. The molecule has 0 radical (unpaired) electrons. The molecular weight excluding hydrogens is 252 g/mol. The SMILES string of the molecule is CCCC(NC(C)c1ccc(C#N)cc1)C(=O)OCC. The van der Waals surface area contributed by atoms with Crippen molar-refractivity contribution in [3.05, 3.63) is 35.4 Å². The molecule has 0 spiro atoms. The van der Waals surface area contributed by atoms with Gasteiger partial charge in [-0.25, -0.2) is 0 Å². The Balaban J connectivity index is 2.71. The van der Waals surface area contributed by atoms with E-state index in [1.54, 1.807) is 12.1 Å². The molecule has 0 amide bonds. The topological polar surface area (TPSA) is 62.1 Å². The lowest BCUT2D eigenvalue weighted by Crippen LogP contribution is -2.39. The lowest BCUT2D eigenvalue weighted by Gasteiger charge is -2.22. The van der Waals surface area contributed by atoms with E-state index in [1.807, 2.05) is 32.9 Å². The van der Waals surface area contributed by atoms with Gasteiger partial charge in [0.25, 0.3) is 0 Å². The zero-order valence-electron chi connectivity index (χ0n) is 12.3.